The SMILES string of the molecule is CCC(CCN)CNC(=O)COCCOC. The monoisotopic (exact) mass is 232 g/mol. The third kappa shape index (κ3) is 8.64. The predicted molar refractivity (Wildman–Crippen MR) is 63.2 cm³/mol. The molecule has 0 aliphatic heterocycles. The summed E-state index contributed by atoms with van der Waals surface area (Å²) in [5.41, 5.74) is 5.47. The fourth-order valence-electron chi connectivity index (χ4n) is 1.30. The Morgan fingerprint density at radius 3 is 2.75 bits per heavy atom. The molecule has 96 valence electrons. The van der Waals surface area contributed by atoms with Gasteiger partial charge in [0.1, 0.15) is 6.61 Å². The largest absolute Gasteiger partial charge is 0.382 e. The van der Waals surface area contributed by atoms with Crippen molar-refractivity contribution < 1.29 is 14.3 Å². The molecule has 0 radical (unpaired) electrons. The third-order valence-corrected chi connectivity index (χ3v) is 2.41. The van der Waals surface area contributed by atoms with Crippen molar-refractivity contribution >= 4 is 5.91 Å². The lowest BCUT2D eigenvalue weighted by Crippen LogP contribution is -2.33. The van der Waals surface area contributed by atoms with E-state index in [1.165, 1.54) is 0 Å². The summed E-state index contributed by atoms with van der Waals surface area (Å²) < 4.78 is 9.90. The Labute approximate surface area is 97.7 Å². The van der Waals surface area contributed by atoms with Gasteiger partial charge in [-0.25, -0.2) is 0 Å². The van der Waals surface area contributed by atoms with E-state index in [1.807, 2.05) is 0 Å². The summed E-state index contributed by atoms with van der Waals surface area (Å²) in [5, 5.41) is 2.84. The first-order valence-corrected chi connectivity index (χ1v) is 5.78. The lowest BCUT2D eigenvalue weighted by atomic mass is 10.0. The molecule has 0 fully saturated rings. The van der Waals surface area contributed by atoms with E-state index in [1.54, 1.807) is 7.11 Å². The fourth-order valence-corrected chi connectivity index (χ4v) is 1.30. The molecule has 0 aromatic carbocycles. The van der Waals surface area contributed by atoms with Gasteiger partial charge in [0.2, 0.25) is 5.91 Å². The second-order valence-electron chi connectivity index (χ2n) is 3.70. The van der Waals surface area contributed by atoms with Gasteiger partial charge in [-0.2, -0.15) is 0 Å². The topological polar surface area (TPSA) is 73.6 Å². The number of hydrogen-bond acceptors (Lipinski definition) is 4. The van der Waals surface area contributed by atoms with Crippen LogP contribution >= 0.6 is 0 Å². The Morgan fingerprint density at radius 1 is 1.44 bits per heavy atom. The molecule has 0 saturated carbocycles. The molecule has 0 rings (SSSR count). The lowest BCUT2D eigenvalue weighted by Gasteiger charge is -2.14. The number of hydrogen-bond donors (Lipinski definition) is 2. The van der Waals surface area contributed by atoms with Crippen molar-refractivity contribution in [3.05, 3.63) is 0 Å². The summed E-state index contributed by atoms with van der Waals surface area (Å²) in [7, 11) is 1.60. The Morgan fingerprint density at radius 2 is 2.19 bits per heavy atom. The fraction of sp³-hybridized carbons (Fsp3) is 0.909. The lowest BCUT2D eigenvalue weighted by molar-refractivity contribution is -0.126. The van der Waals surface area contributed by atoms with Crippen LogP contribution in [-0.4, -0.2) is 45.9 Å². The number of amides is 1. The maximum Gasteiger partial charge on any atom is 0.246 e. The van der Waals surface area contributed by atoms with Crippen LogP contribution in [-0.2, 0) is 14.3 Å². The third-order valence-electron chi connectivity index (χ3n) is 2.41. The van der Waals surface area contributed by atoms with Crippen LogP contribution in [0.3, 0.4) is 0 Å². The van der Waals surface area contributed by atoms with Gasteiger partial charge in [-0.3, -0.25) is 4.79 Å². The number of carbonyl (C=O) groups is 1. The summed E-state index contributed by atoms with van der Waals surface area (Å²) in [6.45, 7) is 4.50. The Balaban J connectivity index is 3.47. The summed E-state index contributed by atoms with van der Waals surface area (Å²) in [6.07, 6.45) is 1.98. The number of nitrogens with one attached hydrogen (secondary N) is 1. The molecule has 5 nitrogen and oxygen atoms in total. The molecule has 0 aliphatic rings. The standard InChI is InChI=1S/C11H24N2O3/c1-3-10(4-5-12)8-13-11(14)9-16-7-6-15-2/h10H,3-9,12H2,1-2H3,(H,13,14). The first kappa shape index (κ1) is 15.3. The van der Waals surface area contributed by atoms with E-state index in [4.69, 9.17) is 15.2 Å². The molecule has 1 unspecified atom stereocenters. The Bertz CT molecular complexity index is 177. The van der Waals surface area contributed by atoms with Gasteiger partial charge >= 0.3 is 0 Å². The zero-order chi connectivity index (χ0) is 12.2. The molecule has 0 aromatic rings. The highest BCUT2D eigenvalue weighted by atomic mass is 16.5. The van der Waals surface area contributed by atoms with Crippen molar-refractivity contribution in [1.29, 1.82) is 0 Å². The maximum atomic E-state index is 11.3. The second-order valence-corrected chi connectivity index (χ2v) is 3.70. The summed E-state index contributed by atoms with van der Waals surface area (Å²) in [4.78, 5) is 11.3. The Kier molecular flexibility index (Phi) is 10.4. The molecule has 0 saturated heterocycles. The zero-order valence-corrected chi connectivity index (χ0v) is 10.3. The van der Waals surface area contributed by atoms with E-state index in [0.717, 1.165) is 12.8 Å². The first-order valence-electron chi connectivity index (χ1n) is 5.78. The molecule has 0 aromatic heterocycles. The van der Waals surface area contributed by atoms with Crippen molar-refractivity contribution in [3.63, 3.8) is 0 Å². The predicted octanol–water partition coefficient (Wildman–Crippen LogP) is 0.141. The van der Waals surface area contributed by atoms with E-state index in [-0.39, 0.29) is 12.5 Å². The van der Waals surface area contributed by atoms with Crippen LogP contribution < -0.4 is 11.1 Å². The maximum absolute atomic E-state index is 11.3. The first-order chi connectivity index (χ1) is 7.74. The van der Waals surface area contributed by atoms with Crippen LogP contribution in [0.5, 0.6) is 0 Å². The van der Waals surface area contributed by atoms with E-state index < -0.39 is 0 Å². The minimum atomic E-state index is -0.0772. The molecule has 0 heterocycles. The van der Waals surface area contributed by atoms with Crippen molar-refractivity contribution in [2.24, 2.45) is 11.7 Å². The van der Waals surface area contributed by atoms with Gasteiger partial charge in [-0.1, -0.05) is 13.3 Å². The van der Waals surface area contributed by atoms with E-state index >= 15 is 0 Å². The van der Waals surface area contributed by atoms with Crippen molar-refractivity contribution in [2.45, 2.75) is 19.8 Å². The molecule has 5 heteroatoms. The average molecular weight is 232 g/mol. The summed E-state index contributed by atoms with van der Waals surface area (Å²) in [5.74, 6) is 0.388. The highest BCUT2D eigenvalue weighted by Gasteiger charge is 2.07. The molecule has 1 atom stereocenters. The molecular formula is C11H24N2O3. The van der Waals surface area contributed by atoms with E-state index in [0.29, 0.717) is 32.2 Å². The molecule has 1 amide bonds. The number of nitrogens with two attached hydrogens (primary N) is 1. The van der Waals surface area contributed by atoms with E-state index in [2.05, 4.69) is 12.2 Å². The molecule has 0 spiro atoms. The molecule has 16 heavy (non-hydrogen) atoms. The zero-order valence-electron chi connectivity index (χ0n) is 10.3. The van der Waals surface area contributed by atoms with Crippen molar-refractivity contribution in [3.8, 4) is 0 Å². The molecule has 0 aliphatic carbocycles. The van der Waals surface area contributed by atoms with Gasteiger partial charge in [0.15, 0.2) is 0 Å². The number of rotatable bonds is 10. The van der Waals surface area contributed by atoms with Gasteiger partial charge < -0.3 is 20.5 Å². The van der Waals surface area contributed by atoms with Gasteiger partial charge in [-0.15, -0.1) is 0 Å². The quantitative estimate of drug-likeness (QED) is 0.525. The van der Waals surface area contributed by atoms with Crippen molar-refractivity contribution in [2.75, 3.05) is 40.0 Å². The minimum absolute atomic E-state index is 0.0772. The molecule has 3 N–H and O–H groups in total. The second kappa shape index (κ2) is 10.9. The van der Waals surface area contributed by atoms with Crippen LogP contribution in [0.4, 0.5) is 0 Å². The number of ether oxygens (including phenoxy) is 2. The van der Waals surface area contributed by atoms with Gasteiger partial charge in [0.05, 0.1) is 13.2 Å². The van der Waals surface area contributed by atoms with Crippen LogP contribution in [0.2, 0.25) is 0 Å². The van der Waals surface area contributed by atoms with Gasteiger partial charge in [0, 0.05) is 13.7 Å². The van der Waals surface area contributed by atoms with Crippen LogP contribution in [0.25, 0.3) is 0 Å². The summed E-state index contributed by atoms with van der Waals surface area (Å²) >= 11 is 0. The smallest absolute Gasteiger partial charge is 0.246 e. The van der Waals surface area contributed by atoms with Crippen molar-refractivity contribution in [1.82, 2.24) is 5.32 Å². The van der Waals surface area contributed by atoms with E-state index in [9.17, 15) is 4.79 Å². The number of methoxy groups -OCH3 is 1. The van der Waals surface area contributed by atoms with Crippen LogP contribution in [0.1, 0.15) is 19.8 Å². The minimum Gasteiger partial charge on any atom is -0.382 e. The van der Waals surface area contributed by atoms with Gasteiger partial charge in [-0.05, 0) is 18.9 Å². The summed E-state index contributed by atoms with van der Waals surface area (Å²) in [6, 6.07) is 0. The van der Waals surface area contributed by atoms with Crippen LogP contribution in [0.15, 0.2) is 0 Å². The normalized spacial score (nSPS) is 12.4. The number of carbonyl (C=O) groups excluding carboxylic acids is 1. The highest BCUT2D eigenvalue weighted by Crippen LogP contribution is 2.04. The highest BCUT2D eigenvalue weighted by molar-refractivity contribution is 5.77. The van der Waals surface area contributed by atoms with Gasteiger partial charge in [0.25, 0.3) is 0 Å². The molecular weight excluding hydrogens is 208 g/mol. The Hall–Kier alpha value is -0.650. The molecule has 0 bridgehead atoms. The average Bonchev–Trinajstić information content (AvgIpc) is 2.30. The van der Waals surface area contributed by atoms with Crippen LogP contribution in [0, 0.1) is 5.92 Å².